The highest BCUT2D eigenvalue weighted by atomic mass is 16.5. The summed E-state index contributed by atoms with van der Waals surface area (Å²) in [7, 11) is 3.50. The molecule has 1 aliphatic heterocycles. The summed E-state index contributed by atoms with van der Waals surface area (Å²) in [5, 5.41) is 6.38. The predicted molar refractivity (Wildman–Crippen MR) is 94.1 cm³/mol. The molecule has 0 spiro atoms. The van der Waals surface area contributed by atoms with E-state index in [2.05, 4.69) is 20.5 Å². The van der Waals surface area contributed by atoms with Crippen LogP contribution in [-0.4, -0.2) is 76.4 Å². The van der Waals surface area contributed by atoms with Crippen molar-refractivity contribution in [2.75, 3.05) is 53.6 Å². The summed E-state index contributed by atoms with van der Waals surface area (Å²) in [5.74, 6) is 1.64. The van der Waals surface area contributed by atoms with Crippen molar-refractivity contribution in [2.45, 2.75) is 38.1 Å². The smallest absolute Gasteiger partial charge is 0.220 e. The minimum atomic E-state index is 0.170. The van der Waals surface area contributed by atoms with Crippen LogP contribution in [-0.2, 0) is 14.3 Å². The van der Waals surface area contributed by atoms with Crippen LogP contribution < -0.4 is 10.6 Å². The van der Waals surface area contributed by atoms with Crippen molar-refractivity contribution in [3.8, 4) is 0 Å². The number of carbonyl (C=O) groups excluding carboxylic acids is 1. The third kappa shape index (κ3) is 7.05. The number of nitrogens with one attached hydrogen (secondary N) is 2. The lowest BCUT2D eigenvalue weighted by Crippen LogP contribution is -2.41. The molecule has 1 saturated carbocycles. The van der Waals surface area contributed by atoms with Crippen LogP contribution in [0.4, 0.5) is 0 Å². The van der Waals surface area contributed by atoms with Gasteiger partial charge in [-0.3, -0.25) is 9.79 Å². The van der Waals surface area contributed by atoms with Gasteiger partial charge < -0.3 is 25.0 Å². The lowest BCUT2D eigenvalue weighted by molar-refractivity contribution is -0.121. The predicted octanol–water partition coefficient (Wildman–Crippen LogP) is 0.606. The number of aliphatic imine (C=N–C) groups is 1. The number of guanidine groups is 1. The number of amides is 1. The Labute approximate surface area is 145 Å². The number of methoxy groups -OCH3 is 1. The number of carbonyl (C=O) groups is 1. The molecule has 24 heavy (non-hydrogen) atoms. The van der Waals surface area contributed by atoms with Crippen LogP contribution in [0.3, 0.4) is 0 Å². The maximum absolute atomic E-state index is 11.7. The molecule has 2 rings (SSSR count). The second-order valence-corrected chi connectivity index (χ2v) is 6.59. The molecule has 1 unspecified atom stereocenters. The number of rotatable bonds is 10. The molecule has 7 heteroatoms. The van der Waals surface area contributed by atoms with Crippen LogP contribution in [0, 0.1) is 5.92 Å². The lowest BCUT2D eigenvalue weighted by atomic mass is 10.1. The molecule has 2 fully saturated rings. The van der Waals surface area contributed by atoms with Gasteiger partial charge in [-0.2, -0.15) is 0 Å². The van der Waals surface area contributed by atoms with Crippen LogP contribution in [0.25, 0.3) is 0 Å². The highest BCUT2D eigenvalue weighted by molar-refractivity contribution is 5.80. The molecule has 138 valence electrons. The number of hydrogen-bond acceptors (Lipinski definition) is 4. The van der Waals surface area contributed by atoms with Crippen LogP contribution in [0.5, 0.6) is 0 Å². The molecule has 1 atom stereocenters. The molecule has 0 aromatic carbocycles. The maximum atomic E-state index is 11.7. The minimum absolute atomic E-state index is 0.170. The fourth-order valence-electron chi connectivity index (χ4n) is 2.86. The van der Waals surface area contributed by atoms with E-state index in [0.717, 1.165) is 57.9 Å². The Morgan fingerprint density at radius 2 is 2.12 bits per heavy atom. The Morgan fingerprint density at radius 3 is 2.83 bits per heavy atom. The van der Waals surface area contributed by atoms with Crippen LogP contribution >= 0.6 is 0 Å². The zero-order valence-electron chi connectivity index (χ0n) is 15.1. The van der Waals surface area contributed by atoms with E-state index in [1.807, 2.05) is 7.05 Å². The van der Waals surface area contributed by atoms with Gasteiger partial charge >= 0.3 is 0 Å². The highest BCUT2D eigenvalue weighted by Gasteiger charge is 2.25. The standard InChI is InChI=1S/C17H32N4O3/c1-18-17(19-8-3-4-16(22)20-15-5-6-15)21-9-7-14(12-21)13-24-11-10-23-2/h14-15H,3-13H2,1-2H3,(H,18,19)(H,20,22). The van der Waals surface area contributed by atoms with E-state index < -0.39 is 0 Å². The summed E-state index contributed by atoms with van der Waals surface area (Å²) in [6, 6.07) is 0.450. The molecule has 1 heterocycles. The molecule has 2 aliphatic rings. The summed E-state index contributed by atoms with van der Waals surface area (Å²) in [4.78, 5) is 18.3. The first-order chi connectivity index (χ1) is 11.7. The molecular weight excluding hydrogens is 308 g/mol. The van der Waals surface area contributed by atoms with Gasteiger partial charge in [0.1, 0.15) is 0 Å². The van der Waals surface area contributed by atoms with Gasteiger partial charge in [-0.05, 0) is 25.7 Å². The molecular formula is C17H32N4O3. The molecule has 1 aliphatic carbocycles. The Morgan fingerprint density at radius 1 is 1.29 bits per heavy atom. The van der Waals surface area contributed by atoms with Crippen LogP contribution in [0.1, 0.15) is 32.1 Å². The highest BCUT2D eigenvalue weighted by Crippen LogP contribution is 2.18. The summed E-state index contributed by atoms with van der Waals surface area (Å²) >= 11 is 0. The van der Waals surface area contributed by atoms with Crippen molar-refractivity contribution in [2.24, 2.45) is 10.9 Å². The third-order valence-corrected chi connectivity index (χ3v) is 4.39. The Hall–Kier alpha value is -1.34. The second kappa shape index (κ2) is 10.5. The number of nitrogens with zero attached hydrogens (tertiary/aromatic N) is 2. The number of ether oxygens (including phenoxy) is 2. The van der Waals surface area contributed by atoms with Gasteiger partial charge in [0.15, 0.2) is 5.96 Å². The van der Waals surface area contributed by atoms with Crippen molar-refractivity contribution in [1.29, 1.82) is 0 Å². The molecule has 1 saturated heterocycles. The van der Waals surface area contributed by atoms with E-state index in [9.17, 15) is 4.79 Å². The van der Waals surface area contributed by atoms with Crippen molar-refractivity contribution in [3.63, 3.8) is 0 Å². The van der Waals surface area contributed by atoms with Gasteiger partial charge in [-0.25, -0.2) is 0 Å². The fraction of sp³-hybridized carbons (Fsp3) is 0.882. The Balaban J connectivity index is 1.56. The van der Waals surface area contributed by atoms with Gasteiger partial charge in [0.2, 0.25) is 5.91 Å². The average molecular weight is 340 g/mol. The Kier molecular flexibility index (Phi) is 8.32. The summed E-state index contributed by atoms with van der Waals surface area (Å²) in [5.41, 5.74) is 0. The van der Waals surface area contributed by atoms with Crippen molar-refractivity contribution in [1.82, 2.24) is 15.5 Å². The molecule has 0 radical (unpaired) electrons. The van der Waals surface area contributed by atoms with E-state index in [1.165, 1.54) is 0 Å². The SMILES string of the molecule is CN=C(NCCCC(=O)NC1CC1)N1CCC(COCCOC)C1. The first-order valence-electron chi connectivity index (χ1n) is 9.04. The number of hydrogen-bond donors (Lipinski definition) is 2. The minimum Gasteiger partial charge on any atom is -0.382 e. The molecule has 0 aromatic rings. The molecule has 1 amide bonds. The monoisotopic (exact) mass is 340 g/mol. The van der Waals surface area contributed by atoms with Crippen molar-refractivity contribution in [3.05, 3.63) is 0 Å². The van der Waals surface area contributed by atoms with Gasteiger partial charge in [0, 0.05) is 52.2 Å². The van der Waals surface area contributed by atoms with Crippen molar-refractivity contribution < 1.29 is 14.3 Å². The normalized spacial score (nSPS) is 21.2. The van der Waals surface area contributed by atoms with Crippen LogP contribution in [0.15, 0.2) is 4.99 Å². The zero-order chi connectivity index (χ0) is 17.2. The van der Waals surface area contributed by atoms with Crippen molar-refractivity contribution >= 4 is 11.9 Å². The van der Waals surface area contributed by atoms with Gasteiger partial charge in [0.25, 0.3) is 0 Å². The quantitative estimate of drug-likeness (QED) is 0.346. The van der Waals surface area contributed by atoms with E-state index in [0.29, 0.717) is 31.6 Å². The molecule has 2 N–H and O–H groups in total. The lowest BCUT2D eigenvalue weighted by Gasteiger charge is -2.21. The van der Waals surface area contributed by atoms with Gasteiger partial charge in [-0.15, -0.1) is 0 Å². The third-order valence-electron chi connectivity index (χ3n) is 4.39. The van der Waals surface area contributed by atoms with E-state index >= 15 is 0 Å². The maximum Gasteiger partial charge on any atom is 0.220 e. The second-order valence-electron chi connectivity index (χ2n) is 6.59. The van der Waals surface area contributed by atoms with Gasteiger partial charge in [0.05, 0.1) is 19.8 Å². The van der Waals surface area contributed by atoms with E-state index in [-0.39, 0.29) is 5.91 Å². The Bertz CT molecular complexity index is 413. The largest absolute Gasteiger partial charge is 0.382 e. The average Bonchev–Trinajstić information content (AvgIpc) is 3.27. The molecule has 7 nitrogen and oxygen atoms in total. The topological polar surface area (TPSA) is 75.2 Å². The number of likely N-dealkylation sites (tertiary alicyclic amines) is 1. The zero-order valence-corrected chi connectivity index (χ0v) is 15.1. The molecule has 0 bridgehead atoms. The summed E-state index contributed by atoms with van der Waals surface area (Å²) in [6.45, 7) is 4.82. The van der Waals surface area contributed by atoms with E-state index in [1.54, 1.807) is 7.11 Å². The van der Waals surface area contributed by atoms with Gasteiger partial charge in [-0.1, -0.05) is 0 Å². The fourth-order valence-corrected chi connectivity index (χ4v) is 2.86. The summed E-state index contributed by atoms with van der Waals surface area (Å²) in [6.07, 6.45) is 4.81. The van der Waals surface area contributed by atoms with Crippen LogP contribution in [0.2, 0.25) is 0 Å². The van der Waals surface area contributed by atoms with E-state index in [4.69, 9.17) is 9.47 Å². The first kappa shape index (κ1) is 19.0. The summed E-state index contributed by atoms with van der Waals surface area (Å²) < 4.78 is 10.6. The molecule has 0 aromatic heterocycles. The first-order valence-corrected chi connectivity index (χ1v) is 9.04.